The Morgan fingerprint density at radius 2 is 1.77 bits per heavy atom. The van der Waals surface area contributed by atoms with Gasteiger partial charge in [-0.25, -0.2) is 0 Å². The van der Waals surface area contributed by atoms with Crippen LogP contribution in [0.25, 0.3) is 10.8 Å². The molecule has 0 unspecified atom stereocenters. The fraction of sp³-hybridized carbons (Fsp3) is 0.350. The van der Waals surface area contributed by atoms with E-state index in [4.69, 9.17) is 0 Å². The van der Waals surface area contributed by atoms with Gasteiger partial charge in [0.2, 0.25) is 11.8 Å². The van der Waals surface area contributed by atoms with E-state index in [0.717, 1.165) is 28.1 Å². The van der Waals surface area contributed by atoms with E-state index in [2.05, 4.69) is 12.1 Å². The molecule has 2 heterocycles. The van der Waals surface area contributed by atoms with E-state index in [-0.39, 0.29) is 28.8 Å². The Morgan fingerprint density at radius 3 is 2.50 bits per heavy atom. The summed E-state index contributed by atoms with van der Waals surface area (Å²) in [7, 11) is 0. The summed E-state index contributed by atoms with van der Waals surface area (Å²) >= 11 is 1.07. The molecule has 26 heavy (non-hydrogen) atoms. The Balaban J connectivity index is 1.41. The number of rotatable bonds is 3. The van der Waals surface area contributed by atoms with Gasteiger partial charge in [0.1, 0.15) is 0 Å². The predicted molar refractivity (Wildman–Crippen MR) is 102 cm³/mol. The minimum absolute atomic E-state index is 0.0633. The van der Waals surface area contributed by atoms with Crippen LogP contribution in [0.15, 0.2) is 42.5 Å². The average molecular weight is 368 g/mol. The van der Waals surface area contributed by atoms with Crippen molar-refractivity contribution in [1.82, 2.24) is 9.80 Å². The second-order valence-corrected chi connectivity index (χ2v) is 7.67. The molecule has 0 spiro atoms. The van der Waals surface area contributed by atoms with Crippen molar-refractivity contribution in [2.24, 2.45) is 0 Å². The van der Waals surface area contributed by atoms with E-state index in [1.807, 2.05) is 35.2 Å². The highest BCUT2D eigenvalue weighted by Gasteiger charge is 2.37. The van der Waals surface area contributed by atoms with Crippen molar-refractivity contribution in [2.75, 3.05) is 18.8 Å². The number of nitrogens with zero attached hydrogens (tertiary/aromatic N) is 2. The fourth-order valence-corrected chi connectivity index (χ4v) is 4.59. The second kappa shape index (κ2) is 7.11. The molecule has 2 fully saturated rings. The third-order valence-corrected chi connectivity index (χ3v) is 6.02. The van der Waals surface area contributed by atoms with Crippen LogP contribution in [0.5, 0.6) is 0 Å². The quantitative estimate of drug-likeness (QED) is 0.835. The van der Waals surface area contributed by atoms with Crippen LogP contribution in [-0.2, 0) is 16.0 Å². The van der Waals surface area contributed by atoms with E-state index in [1.54, 1.807) is 0 Å². The number of hydrogen-bond donors (Lipinski definition) is 0. The monoisotopic (exact) mass is 368 g/mol. The highest BCUT2D eigenvalue weighted by atomic mass is 32.2. The largest absolute Gasteiger partial charge is 0.342 e. The molecule has 6 heteroatoms. The average Bonchev–Trinajstić information content (AvgIpc) is 3.00. The lowest BCUT2D eigenvalue weighted by Gasteiger charge is -2.35. The van der Waals surface area contributed by atoms with E-state index in [1.165, 1.54) is 4.90 Å². The van der Waals surface area contributed by atoms with Gasteiger partial charge in [0, 0.05) is 19.1 Å². The molecule has 3 amide bonds. The normalized spacial score (nSPS) is 18.8. The maximum atomic E-state index is 12.7. The van der Waals surface area contributed by atoms with Gasteiger partial charge >= 0.3 is 0 Å². The number of hydrogen-bond acceptors (Lipinski definition) is 4. The summed E-state index contributed by atoms with van der Waals surface area (Å²) < 4.78 is 0. The van der Waals surface area contributed by atoms with Crippen LogP contribution >= 0.6 is 11.8 Å². The van der Waals surface area contributed by atoms with Gasteiger partial charge in [-0.05, 0) is 29.2 Å². The second-order valence-electron chi connectivity index (χ2n) is 6.75. The first kappa shape index (κ1) is 17.1. The summed E-state index contributed by atoms with van der Waals surface area (Å²) in [4.78, 5) is 39.7. The summed E-state index contributed by atoms with van der Waals surface area (Å²) in [6, 6.07) is 14.1. The first-order valence-electron chi connectivity index (χ1n) is 8.87. The Morgan fingerprint density at radius 1 is 1.04 bits per heavy atom. The minimum Gasteiger partial charge on any atom is -0.342 e. The van der Waals surface area contributed by atoms with E-state index < -0.39 is 0 Å². The van der Waals surface area contributed by atoms with Gasteiger partial charge in [-0.15, -0.1) is 0 Å². The maximum Gasteiger partial charge on any atom is 0.289 e. The molecule has 0 aromatic heterocycles. The number of carbonyl (C=O) groups excluding carboxylic acids is 3. The van der Waals surface area contributed by atoms with Gasteiger partial charge in [0.25, 0.3) is 5.24 Å². The lowest BCUT2D eigenvalue weighted by Crippen LogP contribution is -2.48. The molecule has 0 radical (unpaired) electrons. The summed E-state index contributed by atoms with van der Waals surface area (Å²) in [5.74, 6) is 0.257. The van der Waals surface area contributed by atoms with Gasteiger partial charge in [0.05, 0.1) is 12.2 Å². The molecule has 2 aliphatic rings. The number of likely N-dealkylation sites (tertiary alicyclic amines) is 1. The van der Waals surface area contributed by atoms with E-state index in [9.17, 15) is 14.4 Å². The Kier molecular flexibility index (Phi) is 4.68. The minimum atomic E-state index is -0.143. The lowest BCUT2D eigenvalue weighted by atomic mass is 10.00. The van der Waals surface area contributed by atoms with Crippen LogP contribution in [0.3, 0.4) is 0 Å². The smallest absolute Gasteiger partial charge is 0.289 e. The predicted octanol–water partition coefficient (Wildman–Crippen LogP) is 3.07. The SMILES string of the molecule is O=C(Cc1cccc2ccccc12)N1CCC(N2C(=O)CSC2=O)CC1. The number of benzene rings is 2. The van der Waals surface area contributed by atoms with Gasteiger partial charge in [-0.3, -0.25) is 19.3 Å². The zero-order chi connectivity index (χ0) is 18.1. The molecule has 2 saturated heterocycles. The highest BCUT2D eigenvalue weighted by Crippen LogP contribution is 2.27. The molecule has 0 aliphatic carbocycles. The van der Waals surface area contributed by atoms with Crippen LogP contribution in [0.1, 0.15) is 18.4 Å². The molecule has 5 nitrogen and oxygen atoms in total. The Labute approximate surface area is 156 Å². The van der Waals surface area contributed by atoms with Crippen molar-refractivity contribution in [3.63, 3.8) is 0 Å². The standard InChI is InChI=1S/C20H20N2O3S/c23-18(12-15-6-3-5-14-4-1-2-7-17(14)15)21-10-8-16(9-11-21)22-19(24)13-26-20(22)25/h1-7,16H,8-13H2. The first-order valence-corrected chi connectivity index (χ1v) is 9.85. The van der Waals surface area contributed by atoms with Crippen molar-refractivity contribution in [3.05, 3.63) is 48.0 Å². The van der Waals surface area contributed by atoms with Crippen LogP contribution in [-0.4, -0.2) is 51.7 Å². The molecule has 4 rings (SSSR count). The zero-order valence-corrected chi connectivity index (χ0v) is 15.2. The molecule has 0 bridgehead atoms. The van der Waals surface area contributed by atoms with Crippen LogP contribution in [0.2, 0.25) is 0 Å². The number of amides is 3. The van der Waals surface area contributed by atoms with Crippen LogP contribution in [0.4, 0.5) is 4.79 Å². The fourth-order valence-electron chi connectivity index (χ4n) is 3.81. The summed E-state index contributed by atoms with van der Waals surface area (Å²) in [5.41, 5.74) is 1.04. The number of fused-ring (bicyclic) bond motifs is 1. The number of piperidine rings is 1. The summed E-state index contributed by atoms with van der Waals surface area (Å²) in [6.07, 6.45) is 1.71. The van der Waals surface area contributed by atoms with Crippen molar-refractivity contribution >= 4 is 39.6 Å². The zero-order valence-electron chi connectivity index (χ0n) is 14.4. The van der Waals surface area contributed by atoms with Crippen molar-refractivity contribution in [3.8, 4) is 0 Å². The summed E-state index contributed by atoms with van der Waals surface area (Å²) in [5, 5.41) is 2.11. The lowest BCUT2D eigenvalue weighted by molar-refractivity contribution is -0.132. The van der Waals surface area contributed by atoms with E-state index >= 15 is 0 Å². The Hall–Kier alpha value is -2.34. The van der Waals surface area contributed by atoms with Gasteiger partial charge in [0.15, 0.2) is 0 Å². The number of carbonyl (C=O) groups is 3. The van der Waals surface area contributed by atoms with E-state index in [0.29, 0.717) is 32.4 Å². The van der Waals surface area contributed by atoms with Crippen molar-refractivity contribution < 1.29 is 14.4 Å². The highest BCUT2D eigenvalue weighted by molar-refractivity contribution is 8.14. The maximum absolute atomic E-state index is 12.7. The third kappa shape index (κ3) is 3.21. The molecular weight excluding hydrogens is 348 g/mol. The molecule has 2 aromatic rings. The molecule has 0 atom stereocenters. The third-order valence-electron chi connectivity index (χ3n) is 5.19. The number of thioether (sulfide) groups is 1. The molecule has 134 valence electrons. The first-order chi connectivity index (χ1) is 12.6. The summed E-state index contributed by atoms with van der Waals surface area (Å²) in [6.45, 7) is 1.19. The number of imide groups is 1. The van der Waals surface area contributed by atoms with Crippen molar-refractivity contribution in [2.45, 2.75) is 25.3 Å². The van der Waals surface area contributed by atoms with Gasteiger partial charge in [-0.2, -0.15) is 0 Å². The van der Waals surface area contributed by atoms with Gasteiger partial charge < -0.3 is 4.90 Å². The molecule has 0 N–H and O–H groups in total. The molecule has 2 aromatic carbocycles. The van der Waals surface area contributed by atoms with Crippen molar-refractivity contribution in [1.29, 1.82) is 0 Å². The van der Waals surface area contributed by atoms with Crippen LogP contribution < -0.4 is 0 Å². The van der Waals surface area contributed by atoms with Gasteiger partial charge in [-0.1, -0.05) is 54.2 Å². The topological polar surface area (TPSA) is 57.7 Å². The molecule has 2 aliphatic heterocycles. The Bertz CT molecular complexity index is 853. The molecular formula is C20H20N2O3S. The van der Waals surface area contributed by atoms with Crippen LogP contribution in [0, 0.1) is 0 Å². The molecule has 0 saturated carbocycles.